The zero-order valence-electron chi connectivity index (χ0n) is 5.89. The molecule has 2 unspecified atom stereocenters. The summed E-state index contributed by atoms with van der Waals surface area (Å²) in [5.74, 6) is 6.03. The van der Waals surface area contributed by atoms with Crippen LogP contribution in [-0.2, 0) is 0 Å². The molecule has 1 aliphatic rings. The maximum atomic E-state index is 5.97. The second kappa shape index (κ2) is 2.11. The molecule has 2 nitrogen and oxygen atoms in total. The highest BCUT2D eigenvalue weighted by Gasteiger charge is 2.48. The molecule has 0 aliphatic heterocycles. The van der Waals surface area contributed by atoms with E-state index in [-0.39, 0.29) is 4.87 Å². The van der Waals surface area contributed by atoms with E-state index in [2.05, 4.69) is 6.92 Å². The van der Waals surface area contributed by atoms with Gasteiger partial charge in [0.2, 0.25) is 0 Å². The Hall–Kier alpha value is 0.210. The molecule has 0 aromatic carbocycles. The van der Waals surface area contributed by atoms with Crippen molar-refractivity contribution in [1.29, 1.82) is 0 Å². The first-order chi connectivity index (χ1) is 4.02. The average Bonchev–Trinajstić information content (AvgIpc) is 2.10. The van der Waals surface area contributed by atoms with Crippen molar-refractivity contribution >= 4 is 11.6 Å². The van der Waals surface area contributed by atoms with Gasteiger partial charge in [-0.15, -0.1) is 11.6 Å². The Morgan fingerprint density at radius 3 is 2.44 bits per heavy atom. The van der Waals surface area contributed by atoms with E-state index in [0.29, 0.717) is 5.92 Å². The normalized spacial score (nSPS) is 41.7. The predicted octanol–water partition coefficient (Wildman–Crippen LogP) is 0.809. The molecule has 0 aromatic heterocycles. The Bertz CT molecular complexity index is 112. The first kappa shape index (κ1) is 7.32. The summed E-state index contributed by atoms with van der Waals surface area (Å²) in [6.45, 7) is 2.97. The maximum absolute atomic E-state index is 5.97. The van der Waals surface area contributed by atoms with Crippen LogP contribution in [0.4, 0.5) is 0 Å². The summed E-state index contributed by atoms with van der Waals surface area (Å²) < 4.78 is 0. The summed E-state index contributed by atoms with van der Waals surface area (Å²) in [6.07, 6.45) is 1.11. The van der Waals surface area contributed by atoms with Gasteiger partial charge in [-0.25, -0.2) is 5.01 Å². The molecule has 0 heterocycles. The fraction of sp³-hybridized carbons (Fsp3) is 1.00. The van der Waals surface area contributed by atoms with Gasteiger partial charge in [0.05, 0.1) is 0 Å². The van der Waals surface area contributed by atoms with Crippen molar-refractivity contribution in [1.82, 2.24) is 5.01 Å². The van der Waals surface area contributed by atoms with E-state index < -0.39 is 0 Å². The Labute approximate surface area is 60.9 Å². The molecule has 0 amide bonds. The van der Waals surface area contributed by atoms with Gasteiger partial charge >= 0.3 is 0 Å². The second-order valence-corrected chi connectivity index (χ2v) is 3.98. The molecule has 2 atom stereocenters. The molecule has 3 heteroatoms. The van der Waals surface area contributed by atoms with E-state index in [1.807, 2.05) is 7.05 Å². The molecule has 2 N–H and O–H groups in total. The van der Waals surface area contributed by atoms with Gasteiger partial charge in [-0.2, -0.15) is 0 Å². The molecule has 0 spiro atoms. The Balaban J connectivity index is 2.20. The van der Waals surface area contributed by atoms with Gasteiger partial charge < -0.3 is 0 Å². The van der Waals surface area contributed by atoms with Crippen molar-refractivity contribution in [2.45, 2.75) is 18.2 Å². The molecule has 1 aliphatic carbocycles. The number of halogens is 1. The molecular formula is C6H13ClN2. The van der Waals surface area contributed by atoms with Crippen LogP contribution in [0.1, 0.15) is 13.3 Å². The molecule has 0 saturated heterocycles. The van der Waals surface area contributed by atoms with Crippen molar-refractivity contribution in [2.75, 3.05) is 13.6 Å². The van der Waals surface area contributed by atoms with Gasteiger partial charge in [0.1, 0.15) is 0 Å². The molecule has 1 fully saturated rings. The number of hydrogen-bond acceptors (Lipinski definition) is 2. The number of nitrogens with two attached hydrogens (primary N) is 1. The van der Waals surface area contributed by atoms with E-state index in [0.717, 1.165) is 13.0 Å². The zero-order valence-corrected chi connectivity index (χ0v) is 6.65. The number of hydrazine groups is 1. The minimum atomic E-state index is 0.0492. The summed E-state index contributed by atoms with van der Waals surface area (Å²) in [7, 11) is 1.87. The second-order valence-electron chi connectivity index (χ2n) is 3.12. The van der Waals surface area contributed by atoms with E-state index in [4.69, 9.17) is 17.4 Å². The third-order valence-corrected chi connectivity index (χ3v) is 2.31. The first-order valence-corrected chi connectivity index (χ1v) is 3.55. The van der Waals surface area contributed by atoms with Gasteiger partial charge in [-0.3, -0.25) is 5.84 Å². The third-order valence-electron chi connectivity index (χ3n) is 1.84. The lowest BCUT2D eigenvalue weighted by atomic mass is 10.3. The topological polar surface area (TPSA) is 29.3 Å². The van der Waals surface area contributed by atoms with Crippen LogP contribution >= 0.6 is 11.6 Å². The molecule has 0 aromatic rings. The van der Waals surface area contributed by atoms with Crippen molar-refractivity contribution < 1.29 is 0 Å². The third kappa shape index (κ3) is 1.81. The van der Waals surface area contributed by atoms with Crippen LogP contribution in [0.5, 0.6) is 0 Å². The largest absolute Gasteiger partial charge is 0.269 e. The standard InChI is InChI=1S/C6H13ClN2/c1-6(7)3-5(6)4-9(2)8/h5H,3-4,8H2,1-2H3. The quantitative estimate of drug-likeness (QED) is 0.357. The van der Waals surface area contributed by atoms with Crippen LogP contribution in [0.25, 0.3) is 0 Å². The Morgan fingerprint density at radius 2 is 2.33 bits per heavy atom. The summed E-state index contributed by atoms with van der Waals surface area (Å²) in [4.78, 5) is 0.0492. The molecule has 9 heavy (non-hydrogen) atoms. The average molecular weight is 149 g/mol. The van der Waals surface area contributed by atoms with Gasteiger partial charge in [-0.05, 0) is 19.3 Å². The van der Waals surface area contributed by atoms with E-state index in [1.165, 1.54) is 0 Å². The van der Waals surface area contributed by atoms with Gasteiger partial charge in [0.15, 0.2) is 0 Å². The number of hydrogen-bond donors (Lipinski definition) is 1. The molecule has 54 valence electrons. The fourth-order valence-electron chi connectivity index (χ4n) is 1.03. The Kier molecular flexibility index (Phi) is 1.72. The molecule has 0 radical (unpaired) electrons. The minimum absolute atomic E-state index is 0.0492. The summed E-state index contributed by atoms with van der Waals surface area (Å²) in [5, 5.41) is 1.69. The van der Waals surface area contributed by atoms with E-state index in [9.17, 15) is 0 Å². The fourth-order valence-corrected chi connectivity index (χ4v) is 1.28. The highest BCUT2D eigenvalue weighted by molar-refractivity contribution is 6.25. The zero-order chi connectivity index (χ0) is 7.07. The number of alkyl halides is 1. The van der Waals surface area contributed by atoms with Crippen LogP contribution < -0.4 is 5.84 Å². The van der Waals surface area contributed by atoms with Crippen molar-refractivity contribution in [3.05, 3.63) is 0 Å². The summed E-state index contributed by atoms with van der Waals surface area (Å²) in [6, 6.07) is 0. The number of rotatable bonds is 2. The van der Waals surface area contributed by atoms with Gasteiger partial charge in [0.25, 0.3) is 0 Å². The SMILES string of the molecule is CN(N)CC1CC1(C)Cl. The Morgan fingerprint density at radius 1 is 1.89 bits per heavy atom. The van der Waals surface area contributed by atoms with Crippen LogP contribution in [0.2, 0.25) is 0 Å². The van der Waals surface area contributed by atoms with Gasteiger partial charge in [0, 0.05) is 18.5 Å². The first-order valence-electron chi connectivity index (χ1n) is 3.17. The summed E-state index contributed by atoms with van der Waals surface area (Å²) >= 11 is 5.97. The predicted molar refractivity (Wildman–Crippen MR) is 39.2 cm³/mol. The lowest BCUT2D eigenvalue weighted by Gasteiger charge is -2.08. The van der Waals surface area contributed by atoms with E-state index >= 15 is 0 Å². The monoisotopic (exact) mass is 148 g/mol. The van der Waals surface area contributed by atoms with Gasteiger partial charge in [-0.1, -0.05) is 0 Å². The van der Waals surface area contributed by atoms with Crippen molar-refractivity contribution in [3.8, 4) is 0 Å². The van der Waals surface area contributed by atoms with Crippen molar-refractivity contribution in [2.24, 2.45) is 11.8 Å². The highest BCUT2D eigenvalue weighted by atomic mass is 35.5. The molecule has 1 rings (SSSR count). The molecule has 1 saturated carbocycles. The minimum Gasteiger partial charge on any atom is -0.269 e. The maximum Gasteiger partial charge on any atom is 0.0464 e. The smallest absolute Gasteiger partial charge is 0.0464 e. The van der Waals surface area contributed by atoms with Crippen LogP contribution in [0, 0.1) is 5.92 Å². The van der Waals surface area contributed by atoms with Crippen LogP contribution in [0.15, 0.2) is 0 Å². The highest BCUT2D eigenvalue weighted by Crippen LogP contribution is 2.48. The van der Waals surface area contributed by atoms with Crippen LogP contribution in [-0.4, -0.2) is 23.5 Å². The lowest BCUT2D eigenvalue weighted by Crippen LogP contribution is -2.29. The lowest BCUT2D eigenvalue weighted by molar-refractivity contribution is 0.329. The molecular weight excluding hydrogens is 136 g/mol. The van der Waals surface area contributed by atoms with E-state index in [1.54, 1.807) is 5.01 Å². The van der Waals surface area contributed by atoms with Crippen molar-refractivity contribution in [3.63, 3.8) is 0 Å². The number of nitrogens with zero attached hydrogens (tertiary/aromatic N) is 1. The molecule has 0 bridgehead atoms. The van der Waals surface area contributed by atoms with Crippen LogP contribution in [0.3, 0.4) is 0 Å². The summed E-state index contributed by atoms with van der Waals surface area (Å²) in [5.41, 5.74) is 0.